The molecule has 2 fully saturated rings. The van der Waals surface area contributed by atoms with Crippen LogP contribution in [0.15, 0.2) is 42.5 Å². The number of piperidine rings is 1. The molecule has 0 unspecified atom stereocenters. The van der Waals surface area contributed by atoms with Crippen LogP contribution in [0.4, 0.5) is 43.4 Å². The molecule has 43 heavy (non-hydrogen) atoms. The van der Waals surface area contributed by atoms with Gasteiger partial charge in [0.05, 0.1) is 23.9 Å². The number of nitrogens with one attached hydrogen (secondary N) is 2. The number of anilines is 3. The van der Waals surface area contributed by atoms with E-state index in [4.69, 9.17) is 0 Å². The maximum atomic E-state index is 13.5. The zero-order chi connectivity index (χ0) is 31.6. The van der Waals surface area contributed by atoms with Crippen molar-refractivity contribution in [1.82, 2.24) is 10.2 Å². The van der Waals surface area contributed by atoms with Crippen LogP contribution in [0, 0.1) is 0 Å². The molecule has 7 nitrogen and oxygen atoms in total. The number of benzene rings is 2. The van der Waals surface area contributed by atoms with Crippen LogP contribution in [0.2, 0.25) is 0 Å². The Hall–Kier alpha value is -3.19. The number of alkyl halides is 6. The molecule has 0 atom stereocenters. The highest BCUT2D eigenvalue weighted by molar-refractivity contribution is 5.76. The molecular formula is C30H41F6N5O2. The quantitative estimate of drug-likeness (QED) is 0.251. The zero-order valence-corrected chi connectivity index (χ0v) is 24.8. The third-order valence-electron chi connectivity index (χ3n) is 7.56. The van der Waals surface area contributed by atoms with Gasteiger partial charge in [0.25, 0.3) is 0 Å². The predicted octanol–water partition coefficient (Wildman–Crippen LogP) is 6.41. The molecule has 2 aromatic carbocycles. The molecule has 240 valence electrons. The number of halogens is 6. The molecule has 2 N–H and O–H groups in total. The molecule has 1 amide bonds. The van der Waals surface area contributed by atoms with Gasteiger partial charge in [0.2, 0.25) is 5.91 Å². The Kier molecular flexibility index (Phi) is 12.4. The van der Waals surface area contributed by atoms with E-state index in [0.717, 1.165) is 43.5 Å². The lowest BCUT2D eigenvalue weighted by Gasteiger charge is -2.36. The van der Waals surface area contributed by atoms with Crippen LogP contribution in [0.5, 0.6) is 0 Å². The Balaban J connectivity index is 0.00000248. The molecule has 2 aliphatic rings. The summed E-state index contributed by atoms with van der Waals surface area (Å²) >= 11 is 0. The van der Waals surface area contributed by atoms with E-state index in [2.05, 4.69) is 25.4 Å². The number of hydrogen-bond acceptors (Lipinski definition) is 6. The first-order chi connectivity index (χ1) is 20.4. The van der Waals surface area contributed by atoms with Crippen LogP contribution in [0.25, 0.3) is 0 Å². The summed E-state index contributed by atoms with van der Waals surface area (Å²) in [7, 11) is 1.25. The molecule has 4 rings (SSSR count). The molecule has 2 aliphatic heterocycles. The van der Waals surface area contributed by atoms with Gasteiger partial charge in [0.1, 0.15) is 0 Å². The number of carbonyl (C=O) groups excluding carboxylic acids is 1. The van der Waals surface area contributed by atoms with Crippen LogP contribution in [0.3, 0.4) is 0 Å². The van der Waals surface area contributed by atoms with Gasteiger partial charge in [-0.25, -0.2) is 0 Å². The van der Waals surface area contributed by atoms with E-state index in [0.29, 0.717) is 57.5 Å². The van der Waals surface area contributed by atoms with E-state index < -0.39 is 23.5 Å². The summed E-state index contributed by atoms with van der Waals surface area (Å²) in [5, 5.41) is 3.05. The maximum absolute atomic E-state index is 13.5. The highest BCUT2D eigenvalue weighted by atomic mass is 19.4. The molecule has 2 aromatic rings. The fourth-order valence-corrected chi connectivity index (χ4v) is 5.30. The third kappa shape index (κ3) is 9.92. The molecule has 2 heterocycles. The van der Waals surface area contributed by atoms with E-state index in [1.165, 1.54) is 25.3 Å². The molecular weight excluding hydrogens is 576 g/mol. The average Bonchev–Trinajstić information content (AvgIpc) is 2.98. The minimum Gasteiger partial charge on any atom is -0.371 e. The Morgan fingerprint density at radius 2 is 1.42 bits per heavy atom. The van der Waals surface area contributed by atoms with E-state index in [1.54, 1.807) is 6.07 Å². The van der Waals surface area contributed by atoms with Crippen LogP contribution in [-0.2, 0) is 22.0 Å². The van der Waals surface area contributed by atoms with Crippen molar-refractivity contribution in [1.29, 1.82) is 0 Å². The fraction of sp³-hybridized carbons (Fsp3) is 0.567. The van der Waals surface area contributed by atoms with Crippen molar-refractivity contribution < 1.29 is 36.0 Å². The smallest absolute Gasteiger partial charge is 0.371 e. The molecule has 0 radical (unpaired) electrons. The number of rotatable bonds is 9. The minimum absolute atomic E-state index is 0.0254. The Morgan fingerprint density at radius 1 is 0.837 bits per heavy atom. The second-order valence-corrected chi connectivity index (χ2v) is 10.3. The number of hydrogen-bond donors (Lipinski definition) is 2. The molecule has 0 bridgehead atoms. The van der Waals surface area contributed by atoms with Crippen molar-refractivity contribution in [2.75, 3.05) is 68.2 Å². The second-order valence-electron chi connectivity index (χ2n) is 10.3. The number of piperazine rings is 1. The topological polar surface area (TPSA) is 60.1 Å². The Labute approximate surface area is 249 Å². The van der Waals surface area contributed by atoms with Crippen molar-refractivity contribution in [3.05, 3.63) is 53.6 Å². The molecule has 0 aliphatic carbocycles. The van der Waals surface area contributed by atoms with Gasteiger partial charge in [-0.3, -0.25) is 20.0 Å². The highest BCUT2D eigenvalue weighted by Crippen LogP contribution is 2.38. The number of nitrogens with zero attached hydrogens (tertiary/aromatic N) is 3. The Morgan fingerprint density at radius 3 is 1.98 bits per heavy atom. The second kappa shape index (κ2) is 15.5. The van der Waals surface area contributed by atoms with Gasteiger partial charge in [-0.05, 0) is 68.3 Å². The van der Waals surface area contributed by atoms with E-state index >= 15 is 0 Å². The third-order valence-corrected chi connectivity index (χ3v) is 7.56. The first-order valence-electron chi connectivity index (χ1n) is 14.6. The van der Waals surface area contributed by atoms with E-state index in [-0.39, 0.29) is 17.6 Å². The summed E-state index contributed by atoms with van der Waals surface area (Å²) in [6.07, 6.45) is -6.54. The normalized spacial score (nSPS) is 16.9. The maximum Gasteiger partial charge on any atom is 0.418 e. The van der Waals surface area contributed by atoms with Crippen LogP contribution >= 0.6 is 0 Å². The van der Waals surface area contributed by atoms with Crippen LogP contribution in [-0.4, -0.2) is 69.8 Å². The average molecular weight is 618 g/mol. The minimum atomic E-state index is -4.52. The number of carbonyl (C=O) groups is 1. The van der Waals surface area contributed by atoms with Gasteiger partial charge in [-0.2, -0.15) is 26.3 Å². The van der Waals surface area contributed by atoms with Crippen molar-refractivity contribution in [3.8, 4) is 0 Å². The monoisotopic (exact) mass is 617 g/mol. The lowest BCUT2D eigenvalue weighted by atomic mass is 10.0. The van der Waals surface area contributed by atoms with Gasteiger partial charge < -0.3 is 15.1 Å². The first-order valence-corrected chi connectivity index (χ1v) is 14.6. The summed E-state index contributed by atoms with van der Waals surface area (Å²) in [6, 6.07) is 9.28. The van der Waals surface area contributed by atoms with Crippen LogP contribution in [0.1, 0.15) is 50.7 Å². The molecule has 0 spiro atoms. The van der Waals surface area contributed by atoms with Gasteiger partial charge in [-0.1, -0.05) is 13.8 Å². The van der Waals surface area contributed by atoms with Crippen molar-refractivity contribution in [2.45, 2.75) is 57.9 Å². The Bertz CT molecular complexity index is 1140. The standard InChI is InChI=1S/C28H35F6N5O2.C2H6/c1-41-36-25-9-8-23(19-24(25)28(32,33)34)38-13-10-21(11-14-38)35-26(40)3-2-12-37-15-17-39(18-16-37)22-6-4-20(5-7-22)27(29,30)31;1-2/h4-9,19,21,36H,2-3,10-18H2,1H3,(H,35,40);1-2H3. The van der Waals surface area contributed by atoms with Crippen molar-refractivity contribution >= 4 is 23.0 Å². The van der Waals surface area contributed by atoms with Gasteiger partial charge in [0, 0.05) is 63.1 Å². The van der Waals surface area contributed by atoms with Gasteiger partial charge in [-0.15, -0.1) is 0 Å². The van der Waals surface area contributed by atoms with Gasteiger partial charge in [0.15, 0.2) is 0 Å². The summed E-state index contributed by atoms with van der Waals surface area (Å²) in [4.78, 5) is 23.4. The van der Waals surface area contributed by atoms with E-state index in [1.807, 2.05) is 18.7 Å². The lowest BCUT2D eigenvalue weighted by Crippen LogP contribution is -2.47. The summed E-state index contributed by atoms with van der Waals surface area (Å²) in [5.41, 5.74) is 1.91. The van der Waals surface area contributed by atoms with Gasteiger partial charge >= 0.3 is 12.4 Å². The fourth-order valence-electron chi connectivity index (χ4n) is 5.30. The largest absolute Gasteiger partial charge is 0.418 e. The molecule has 13 heteroatoms. The van der Waals surface area contributed by atoms with Crippen molar-refractivity contribution in [3.63, 3.8) is 0 Å². The van der Waals surface area contributed by atoms with Crippen molar-refractivity contribution in [2.24, 2.45) is 0 Å². The summed E-state index contributed by atoms with van der Waals surface area (Å²) < 4.78 is 78.8. The lowest BCUT2D eigenvalue weighted by molar-refractivity contribution is -0.138. The molecule has 2 saturated heterocycles. The SMILES string of the molecule is CC.CONc1ccc(N2CCC(NC(=O)CCCN3CCN(c4ccc(C(F)(F)F)cc4)CC3)CC2)cc1C(F)(F)F. The van der Waals surface area contributed by atoms with E-state index in [9.17, 15) is 31.1 Å². The highest BCUT2D eigenvalue weighted by Gasteiger charge is 2.35. The molecule has 0 saturated carbocycles. The summed E-state index contributed by atoms with van der Waals surface area (Å²) in [6.45, 7) is 8.74. The first kappa shape index (κ1) is 34.3. The zero-order valence-electron chi connectivity index (χ0n) is 24.8. The molecule has 0 aromatic heterocycles. The predicted molar refractivity (Wildman–Crippen MR) is 156 cm³/mol. The number of amides is 1. The van der Waals surface area contributed by atoms with Crippen LogP contribution < -0.4 is 20.6 Å². The summed E-state index contributed by atoms with van der Waals surface area (Å²) in [5.74, 6) is -0.0406.